The van der Waals surface area contributed by atoms with E-state index >= 15 is 0 Å². The van der Waals surface area contributed by atoms with Gasteiger partial charge in [0.2, 0.25) is 0 Å². The highest BCUT2D eigenvalue weighted by Crippen LogP contribution is 2.47. The maximum Gasteiger partial charge on any atom is 0.252 e. The highest BCUT2D eigenvalue weighted by Gasteiger charge is 2.27. The largest absolute Gasteiger partial charge is 0.506 e. The lowest BCUT2D eigenvalue weighted by Crippen LogP contribution is -2.35. The molecular weight excluding hydrogens is 429 g/mol. The summed E-state index contributed by atoms with van der Waals surface area (Å²) in [6.07, 6.45) is 1.39. The van der Waals surface area contributed by atoms with Crippen LogP contribution in [0.1, 0.15) is 5.56 Å². The average Bonchev–Trinajstić information content (AvgIpc) is 2.74. The fourth-order valence-electron chi connectivity index (χ4n) is 2.94. The lowest BCUT2D eigenvalue weighted by atomic mass is 10.2. The van der Waals surface area contributed by atoms with E-state index in [0.717, 1.165) is 21.2 Å². The number of benzene rings is 3. The molecule has 0 unspecified atom stereocenters. The normalized spacial score (nSPS) is 12.6. The van der Waals surface area contributed by atoms with Crippen molar-refractivity contribution < 1.29 is 9.90 Å². The van der Waals surface area contributed by atoms with E-state index in [1.54, 1.807) is 28.8 Å². The maximum absolute atomic E-state index is 13.0. The van der Waals surface area contributed by atoms with Crippen LogP contribution in [0.15, 0.2) is 75.6 Å². The van der Waals surface area contributed by atoms with E-state index in [0.29, 0.717) is 5.56 Å². The number of carbonyl (C=O) groups is 1. The highest BCUT2D eigenvalue weighted by atomic mass is 35.5. The molecule has 0 aliphatic carbocycles. The predicted octanol–water partition coefficient (Wildman–Crippen LogP) is 5.45. The fraction of sp³-hybridized carbons (Fsp3) is 0.0476. The molecule has 0 aromatic heterocycles. The van der Waals surface area contributed by atoms with Gasteiger partial charge in [-0.1, -0.05) is 59.2 Å². The molecule has 1 aliphatic heterocycles. The monoisotopic (exact) mass is 443 g/mol. The SMILES string of the molecule is O=C(CN/N=C/c1ccc(Cl)c(Cl)c1O)N1c2ccccc2Sc2ccccc21. The zero-order valence-electron chi connectivity index (χ0n) is 15.0. The van der Waals surface area contributed by atoms with Crippen molar-refractivity contribution in [2.75, 3.05) is 11.4 Å². The first-order valence-corrected chi connectivity index (χ1v) is 10.3. The third kappa shape index (κ3) is 3.92. The first-order chi connectivity index (χ1) is 14.1. The highest BCUT2D eigenvalue weighted by molar-refractivity contribution is 7.99. The van der Waals surface area contributed by atoms with Crippen molar-refractivity contribution in [2.24, 2.45) is 5.10 Å². The van der Waals surface area contributed by atoms with Crippen LogP contribution in [0.25, 0.3) is 0 Å². The van der Waals surface area contributed by atoms with Gasteiger partial charge in [0.1, 0.15) is 17.3 Å². The number of aromatic hydroxyl groups is 1. The smallest absolute Gasteiger partial charge is 0.252 e. The summed E-state index contributed by atoms with van der Waals surface area (Å²) < 4.78 is 0. The second-order valence-electron chi connectivity index (χ2n) is 6.16. The van der Waals surface area contributed by atoms with Gasteiger partial charge in [0.15, 0.2) is 0 Å². The van der Waals surface area contributed by atoms with E-state index in [4.69, 9.17) is 23.2 Å². The Labute approximate surface area is 181 Å². The average molecular weight is 444 g/mol. The van der Waals surface area contributed by atoms with E-state index in [9.17, 15) is 9.90 Å². The van der Waals surface area contributed by atoms with Crippen LogP contribution in [0.2, 0.25) is 10.0 Å². The van der Waals surface area contributed by atoms with Crippen LogP contribution in [0, 0.1) is 0 Å². The Morgan fingerprint density at radius 1 is 1.03 bits per heavy atom. The van der Waals surface area contributed by atoms with Crippen LogP contribution >= 0.6 is 35.0 Å². The van der Waals surface area contributed by atoms with Crippen molar-refractivity contribution in [3.63, 3.8) is 0 Å². The Morgan fingerprint density at radius 3 is 2.31 bits per heavy atom. The first-order valence-electron chi connectivity index (χ1n) is 8.68. The first kappa shape index (κ1) is 19.6. The van der Waals surface area contributed by atoms with Crippen LogP contribution in [-0.4, -0.2) is 23.8 Å². The molecule has 2 N–H and O–H groups in total. The van der Waals surface area contributed by atoms with E-state index in [1.807, 2.05) is 48.5 Å². The Kier molecular flexibility index (Phi) is 5.67. The third-order valence-electron chi connectivity index (χ3n) is 4.31. The molecule has 1 amide bonds. The summed E-state index contributed by atoms with van der Waals surface area (Å²) >= 11 is 13.4. The van der Waals surface area contributed by atoms with Gasteiger partial charge in [0, 0.05) is 15.4 Å². The fourth-order valence-corrected chi connectivity index (χ4v) is 4.32. The molecule has 4 rings (SSSR count). The Hall–Kier alpha value is -2.67. The van der Waals surface area contributed by atoms with Crippen LogP contribution < -0.4 is 10.3 Å². The van der Waals surface area contributed by atoms with E-state index in [2.05, 4.69) is 10.5 Å². The van der Waals surface area contributed by atoms with Gasteiger partial charge in [-0.25, -0.2) is 0 Å². The number of anilines is 2. The third-order valence-corrected chi connectivity index (χ3v) is 6.23. The quantitative estimate of drug-likeness (QED) is 0.415. The van der Waals surface area contributed by atoms with Crippen LogP contribution in [0.5, 0.6) is 5.75 Å². The van der Waals surface area contributed by atoms with Crippen molar-refractivity contribution in [3.8, 4) is 5.75 Å². The molecule has 0 saturated heterocycles. The van der Waals surface area contributed by atoms with E-state index in [1.165, 1.54) is 6.21 Å². The number of hydrogen-bond donors (Lipinski definition) is 2. The van der Waals surface area contributed by atoms with Crippen molar-refractivity contribution in [1.82, 2.24) is 5.43 Å². The number of hydrazone groups is 1. The molecule has 3 aromatic carbocycles. The lowest BCUT2D eigenvalue weighted by Gasteiger charge is -2.30. The molecule has 8 heteroatoms. The number of amides is 1. The molecule has 0 bridgehead atoms. The van der Waals surface area contributed by atoms with Crippen molar-refractivity contribution >= 4 is 58.5 Å². The molecule has 3 aromatic rings. The molecule has 0 saturated carbocycles. The summed E-state index contributed by atoms with van der Waals surface area (Å²) in [7, 11) is 0. The van der Waals surface area contributed by atoms with Gasteiger partial charge in [-0.15, -0.1) is 0 Å². The minimum Gasteiger partial charge on any atom is -0.506 e. The molecule has 0 atom stereocenters. The molecule has 0 fully saturated rings. The number of para-hydroxylation sites is 2. The summed E-state index contributed by atoms with van der Waals surface area (Å²) in [6.45, 7) is -0.0219. The Morgan fingerprint density at radius 2 is 1.66 bits per heavy atom. The van der Waals surface area contributed by atoms with Crippen molar-refractivity contribution in [3.05, 3.63) is 76.3 Å². The second-order valence-corrected chi connectivity index (χ2v) is 8.03. The van der Waals surface area contributed by atoms with E-state index < -0.39 is 0 Å². The number of nitrogens with zero attached hydrogens (tertiary/aromatic N) is 2. The van der Waals surface area contributed by atoms with Gasteiger partial charge in [0.25, 0.3) is 5.91 Å². The molecule has 146 valence electrons. The predicted molar refractivity (Wildman–Crippen MR) is 118 cm³/mol. The molecule has 1 heterocycles. The Bertz CT molecular complexity index is 1080. The van der Waals surface area contributed by atoms with Gasteiger partial charge < -0.3 is 10.5 Å². The number of carbonyl (C=O) groups excluding carboxylic acids is 1. The molecule has 29 heavy (non-hydrogen) atoms. The minimum atomic E-state index is -0.160. The Balaban J connectivity index is 1.52. The van der Waals surface area contributed by atoms with Crippen LogP contribution in [0.4, 0.5) is 11.4 Å². The minimum absolute atomic E-state index is 0.0219. The molecule has 5 nitrogen and oxygen atoms in total. The number of fused-ring (bicyclic) bond motifs is 2. The summed E-state index contributed by atoms with van der Waals surface area (Å²) in [5.74, 6) is -0.312. The second kappa shape index (κ2) is 8.37. The van der Waals surface area contributed by atoms with Crippen molar-refractivity contribution in [2.45, 2.75) is 9.79 Å². The summed E-state index contributed by atoms with van der Waals surface area (Å²) in [5, 5.41) is 14.3. The maximum atomic E-state index is 13.0. The number of phenols is 1. The topological polar surface area (TPSA) is 64.9 Å². The van der Waals surface area contributed by atoms with Crippen LogP contribution in [0.3, 0.4) is 0 Å². The molecule has 1 aliphatic rings. The van der Waals surface area contributed by atoms with E-state index in [-0.39, 0.29) is 28.2 Å². The van der Waals surface area contributed by atoms with Gasteiger partial charge in [-0.2, -0.15) is 5.10 Å². The zero-order chi connectivity index (χ0) is 20.4. The van der Waals surface area contributed by atoms with Gasteiger partial charge >= 0.3 is 0 Å². The standard InChI is InChI=1S/C21H15Cl2N3O2S/c22-14-10-9-13(21(28)20(14)23)11-24-25-12-19(27)26-15-5-1-3-7-17(15)29-18-8-4-2-6-16(18)26/h1-11,25,28H,12H2/b24-11+. The number of hydrogen-bond acceptors (Lipinski definition) is 5. The zero-order valence-corrected chi connectivity index (χ0v) is 17.3. The summed E-state index contributed by atoms with van der Waals surface area (Å²) in [6, 6.07) is 18.7. The van der Waals surface area contributed by atoms with Crippen LogP contribution in [-0.2, 0) is 4.79 Å². The van der Waals surface area contributed by atoms with Gasteiger partial charge in [-0.3, -0.25) is 9.69 Å². The lowest BCUT2D eigenvalue weighted by molar-refractivity contribution is -0.117. The number of rotatable bonds is 4. The summed E-state index contributed by atoms with van der Waals surface area (Å²) in [4.78, 5) is 16.7. The van der Waals surface area contributed by atoms with Gasteiger partial charge in [0.05, 0.1) is 22.6 Å². The molecular formula is C21H15Cl2N3O2S. The summed E-state index contributed by atoms with van der Waals surface area (Å²) in [5.41, 5.74) is 4.81. The van der Waals surface area contributed by atoms with Crippen molar-refractivity contribution in [1.29, 1.82) is 0 Å². The number of phenolic OH excluding ortho intramolecular Hbond substituents is 1. The number of halogens is 2. The molecule has 0 spiro atoms. The molecule has 0 radical (unpaired) electrons. The number of nitrogens with one attached hydrogen (secondary N) is 1. The van der Waals surface area contributed by atoms with Gasteiger partial charge in [-0.05, 0) is 36.4 Å².